The SMILES string of the molecule is CCCCCCCCCCCCCCCC(=O)OC[C@H](COP(=O)(O)OC[C@H](O)COP(=O)(O)OC[C@@H](COC(=O)CCCCCCCCCCCCCCCCCC(C)C)OC(=O)CCCCCCCCCCCCCCCCCCCCC(C)C)OC(=O)CCCCCCCCCCCCCCC(C)C. The van der Waals surface area contributed by atoms with Crippen molar-refractivity contribution < 1.29 is 80.2 Å². The number of aliphatic hydroxyl groups excluding tert-OH is 1. The van der Waals surface area contributed by atoms with Crippen molar-refractivity contribution in [1.82, 2.24) is 0 Å². The Kier molecular flexibility index (Phi) is 76.6. The number of aliphatic hydroxyl groups is 1. The summed E-state index contributed by atoms with van der Waals surface area (Å²) in [5, 5.41) is 10.7. The first kappa shape index (κ1) is 105. The van der Waals surface area contributed by atoms with E-state index in [0.29, 0.717) is 25.7 Å². The third-order valence-corrected chi connectivity index (χ3v) is 22.5. The Morgan fingerprint density at radius 3 is 0.636 bits per heavy atom. The lowest BCUT2D eigenvalue weighted by molar-refractivity contribution is -0.161. The van der Waals surface area contributed by atoms with Crippen LogP contribution in [-0.4, -0.2) is 96.7 Å². The Morgan fingerprint density at radius 2 is 0.430 bits per heavy atom. The van der Waals surface area contributed by atoms with Crippen LogP contribution in [0.2, 0.25) is 0 Å². The number of rotatable bonds is 86. The van der Waals surface area contributed by atoms with Gasteiger partial charge in [-0.2, -0.15) is 0 Å². The van der Waals surface area contributed by atoms with Gasteiger partial charge in [-0.1, -0.05) is 414 Å². The van der Waals surface area contributed by atoms with E-state index in [-0.39, 0.29) is 25.7 Å². The zero-order valence-corrected chi connectivity index (χ0v) is 72.4. The maximum atomic E-state index is 13.2. The van der Waals surface area contributed by atoms with Crippen LogP contribution in [0.3, 0.4) is 0 Å². The molecule has 0 aromatic carbocycles. The van der Waals surface area contributed by atoms with Gasteiger partial charge in [0.15, 0.2) is 12.2 Å². The third kappa shape index (κ3) is 81.9. The molecule has 636 valence electrons. The van der Waals surface area contributed by atoms with Crippen molar-refractivity contribution in [3.05, 3.63) is 0 Å². The minimum Gasteiger partial charge on any atom is -0.462 e. The maximum Gasteiger partial charge on any atom is 0.472 e. The minimum absolute atomic E-state index is 0.107. The molecule has 0 bridgehead atoms. The Bertz CT molecular complexity index is 2060. The summed E-state index contributed by atoms with van der Waals surface area (Å²) in [7, 11) is -9.93. The second-order valence-electron chi connectivity index (χ2n) is 33.1. The van der Waals surface area contributed by atoms with Gasteiger partial charge < -0.3 is 33.8 Å². The van der Waals surface area contributed by atoms with E-state index in [1.807, 2.05) is 0 Å². The highest BCUT2D eigenvalue weighted by atomic mass is 31.2. The standard InChI is InChI=1S/C88H172O17P2/c1-8-9-10-11-12-13-14-24-34-41-48-55-62-69-85(90)98-75-84(105-88(93)72-65-58-51-44-37-30-29-33-40-47-54-61-68-81(6)7)78-103-107(96,97)101-74-82(89)73-100-106(94,95)102-77-83(76-99-86(91)70-63-56-49-42-35-27-23-19-21-26-32-39-46-53-60-67-80(4)5)104-87(92)71-64-57-50-43-36-28-22-18-16-15-17-20-25-31-38-45-52-59-66-79(2)3/h79-84,89H,8-78H2,1-7H3,(H,94,95)(H,96,97)/t82-,83-,84-/m1/s1. The summed E-state index contributed by atoms with van der Waals surface area (Å²) in [6, 6.07) is 0. The molecule has 3 N–H and O–H groups in total. The molecule has 0 aromatic rings. The van der Waals surface area contributed by atoms with Crippen LogP contribution in [0.15, 0.2) is 0 Å². The summed E-state index contributed by atoms with van der Waals surface area (Å²) in [6.07, 6.45) is 69.3. The number of phosphoric acid groups is 2. The monoisotopic (exact) mass is 1560 g/mol. The molecule has 0 aromatic heterocycles. The Labute approximate surface area is 658 Å². The second kappa shape index (κ2) is 78.0. The average molecular weight is 1560 g/mol. The van der Waals surface area contributed by atoms with E-state index < -0.39 is 97.5 Å². The fraction of sp³-hybridized carbons (Fsp3) is 0.955. The molecule has 0 spiro atoms. The molecule has 0 aliphatic heterocycles. The first-order chi connectivity index (χ1) is 51.7. The van der Waals surface area contributed by atoms with Crippen molar-refractivity contribution in [3.8, 4) is 0 Å². The van der Waals surface area contributed by atoms with Gasteiger partial charge in [-0.05, 0) is 43.4 Å². The number of hydrogen-bond acceptors (Lipinski definition) is 15. The van der Waals surface area contributed by atoms with Gasteiger partial charge in [-0.15, -0.1) is 0 Å². The molecule has 0 aliphatic rings. The van der Waals surface area contributed by atoms with Crippen molar-refractivity contribution in [1.29, 1.82) is 0 Å². The lowest BCUT2D eigenvalue weighted by atomic mass is 10.0. The van der Waals surface area contributed by atoms with Crippen molar-refractivity contribution in [3.63, 3.8) is 0 Å². The summed E-state index contributed by atoms with van der Waals surface area (Å²) < 4.78 is 69.0. The predicted molar refractivity (Wildman–Crippen MR) is 441 cm³/mol. The van der Waals surface area contributed by atoms with Gasteiger partial charge in [0.25, 0.3) is 0 Å². The van der Waals surface area contributed by atoms with Gasteiger partial charge >= 0.3 is 39.5 Å². The van der Waals surface area contributed by atoms with Crippen LogP contribution in [0, 0.1) is 17.8 Å². The fourth-order valence-electron chi connectivity index (χ4n) is 13.7. The van der Waals surface area contributed by atoms with Gasteiger partial charge in [-0.25, -0.2) is 9.13 Å². The van der Waals surface area contributed by atoms with Crippen LogP contribution in [0.5, 0.6) is 0 Å². The first-order valence-corrected chi connectivity index (χ1v) is 48.3. The number of unbranched alkanes of at least 4 members (excludes halogenated alkanes) is 54. The number of phosphoric ester groups is 2. The van der Waals surface area contributed by atoms with Crippen LogP contribution in [0.1, 0.15) is 466 Å². The molecule has 0 amide bonds. The smallest absolute Gasteiger partial charge is 0.462 e. The molecule has 0 saturated carbocycles. The molecule has 107 heavy (non-hydrogen) atoms. The summed E-state index contributed by atoms with van der Waals surface area (Å²) in [5.41, 5.74) is 0. The molecule has 5 atom stereocenters. The number of esters is 4. The Hall–Kier alpha value is -1.94. The zero-order valence-electron chi connectivity index (χ0n) is 70.6. The van der Waals surface area contributed by atoms with Crippen molar-refractivity contribution in [2.75, 3.05) is 39.6 Å². The molecule has 0 fully saturated rings. The molecule has 2 unspecified atom stereocenters. The Balaban J connectivity index is 5.26. The zero-order chi connectivity index (χ0) is 78.6. The van der Waals surface area contributed by atoms with Crippen LogP contribution in [0.4, 0.5) is 0 Å². The van der Waals surface area contributed by atoms with Crippen LogP contribution in [-0.2, 0) is 65.4 Å². The maximum absolute atomic E-state index is 13.2. The quantitative estimate of drug-likeness (QED) is 0.0222. The van der Waals surface area contributed by atoms with Crippen LogP contribution < -0.4 is 0 Å². The van der Waals surface area contributed by atoms with E-state index >= 15 is 0 Å². The van der Waals surface area contributed by atoms with Crippen LogP contribution in [0.25, 0.3) is 0 Å². The summed E-state index contributed by atoms with van der Waals surface area (Å²) in [6.45, 7) is 12.1. The first-order valence-electron chi connectivity index (χ1n) is 45.3. The molecule has 0 rings (SSSR count). The number of carbonyl (C=O) groups is 4. The van der Waals surface area contributed by atoms with Gasteiger partial charge in [0, 0.05) is 25.7 Å². The lowest BCUT2D eigenvalue weighted by Crippen LogP contribution is -2.30. The van der Waals surface area contributed by atoms with Crippen molar-refractivity contribution in [2.45, 2.75) is 484 Å². The van der Waals surface area contributed by atoms with E-state index in [9.17, 15) is 43.2 Å². The molecule has 0 saturated heterocycles. The normalized spacial score (nSPS) is 13.8. The molecular formula is C88H172O17P2. The summed E-state index contributed by atoms with van der Waals surface area (Å²) in [4.78, 5) is 73.3. The average Bonchev–Trinajstić information content (AvgIpc) is 0.944. The molecule has 17 nitrogen and oxygen atoms in total. The molecular weight excluding hydrogens is 1390 g/mol. The van der Waals surface area contributed by atoms with E-state index in [0.717, 1.165) is 108 Å². The molecule has 0 heterocycles. The Morgan fingerprint density at radius 1 is 0.252 bits per heavy atom. The van der Waals surface area contributed by atoms with Crippen molar-refractivity contribution in [2.24, 2.45) is 17.8 Å². The minimum atomic E-state index is -4.97. The third-order valence-electron chi connectivity index (χ3n) is 20.6. The van der Waals surface area contributed by atoms with E-state index in [2.05, 4.69) is 48.5 Å². The number of ether oxygens (including phenoxy) is 4. The molecule has 19 heteroatoms. The number of carbonyl (C=O) groups excluding carboxylic acids is 4. The lowest BCUT2D eigenvalue weighted by Gasteiger charge is -2.21. The predicted octanol–water partition coefficient (Wildman–Crippen LogP) is 26.9. The second-order valence-corrected chi connectivity index (χ2v) is 36.0. The van der Waals surface area contributed by atoms with E-state index in [4.69, 9.17) is 37.0 Å². The van der Waals surface area contributed by atoms with Crippen LogP contribution >= 0.6 is 15.6 Å². The number of hydrogen-bond donors (Lipinski definition) is 3. The summed E-state index contributed by atoms with van der Waals surface area (Å²) in [5.74, 6) is 0.304. The van der Waals surface area contributed by atoms with Gasteiger partial charge in [0.2, 0.25) is 0 Å². The van der Waals surface area contributed by atoms with E-state index in [1.165, 1.54) is 276 Å². The largest absolute Gasteiger partial charge is 0.472 e. The topological polar surface area (TPSA) is 237 Å². The van der Waals surface area contributed by atoms with Crippen molar-refractivity contribution >= 4 is 39.5 Å². The fourth-order valence-corrected chi connectivity index (χ4v) is 15.3. The summed E-state index contributed by atoms with van der Waals surface area (Å²) >= 11 is 0. The molecule has 0 radical (unpaired) electrons. The highest BCUT2D eigenvalue weighted by molar-refractivity contribution is 7.47. The van der Waals surface area contributed by atoms with E-state index in [1.54, 1.807) is 0 Å². The van der Waals surface area contributed by atoms with Gasteiger partial charge in [-0.3, -0.25) is 37.3 Å². The molecule has 0 aliphatic carbocycles. The van der Waals surface area contributed by atoms with Gasteiger partial charge in [0.1, 0.15) is 19.3 Å². The highest BCUT2D eigenvalue weighted by Crippen LogP contribution is 2.45. The highest BCUT2D eigenvalue weighted by Gasteiger charge is 2.31. The van der Waals surface area contributed by atoms with Gasteiger partial charge in [0.05, 0.1) is 26.4 Å².